The van der Waals surface area contributed by atoms with E-state index in [4.69, 9.17) is 21.7 Å². The molecule has 44 heavy (non-hydrogen) atoms. The van der Waals surface area contributed by atoms with Crippen molar-refractivity contribution in [3.63, 3.8) is 0 Å². The maximum Gasteiger partial charge on any atom is 0.270 e. The van der Waals surface area contributed by atoms with Crippen LogP contribution in [0.5, 0.6) is 17.2 Å². The first-order chi connectivity index (χ1) is 20.2. The Balaban J connectivity index is 0.00000264. The van der Waals surface area contributed by atoms with E-state index in [1.54, 1.807) is 4.90 Å². The van der Waals surface area contributed by atoms with Crippen LogP contribution in [0.15, 0.2) is 77.7 Å². The fraction of sp³-hybridized carbons (Fsp3) is 0.353. The maximum atomic E-state index is 13.3. The SMILES string of the molecule is CN1CCN(CCCOc2ccc(N3C(=O)C(=Cc4ccc(Oc5ccc(C(C)(C)C)cc5)cc4)SC3=S)cc2)CC1.Cl.Cl. The van der Waals surface area contributed by atoms with Gasteiger partial charge in [-0.15, -0.1) is 24.8 Å². The predicted octanol–water partition coefficient (Wildman–Crippen LogP) is 8.04. The van der Waals surface area contributed by atoms with Crippen LogP contribution in [0.1, 0.15) is 38.3 Å². The van der Waals surface area contributed by atoms with Gasteiger partial charge in [-0.25, -0.2) is 0 Å². The summed E-state index contributed by atoms with van der Waals surface area (Å²) >= 11 is 6.89. The monoisotopic (exact) mass is 673 g/mol. The summed E-state index contributed by atoms with van der Waals surface area (Å²) in [5, 5.41) is 0. The molecule has 0 unspecified atom stereocenters. The van der Waals surface area contributed by atoms with Crippen molar-refractivity contribution in [3.05, 3.63) is 88.8 Å². The molecule has 2 fully saturated rings. The smallest absolute Gasteiger partial charge is 0.270 e. The van der Waals surface area contributed by atoms with E-state index >= 15 is 0 Å². The summed E-state index contributed by atoms with van der Waals surface area (Å²) in [7, 11) is 2.17. The molecule has 3 aromatic carbocycles. The molecular formula is C34H41Cl2N3O3S2. The summed E-state index contributed by atoms with van der Waals surface area (Å²) in [6.07, 6.45) is 2.86. The largest absolute Gasteiger partial charge is 0.494 e. The summed E-state index contributed by atoms with van der Waals surface area (Å²) in [5.41, 5.74) is 3.01. The van der Waals surface area contributed by atoms with Crippen molar-refractivity contribution >= 4 is 70.8 Å². The quantitative estimate of drug-likeness (QED) is 0.129. The molecule has 5 rings (SSSR count). The number of nitrogens with zero attached hydrogens (tertiary/aromatic N) is 3. The Morgan fingerprint density at radius 3 is 2.00 bits per heavy atom. The van der Waals surface area contributed by atoms with Crippen molar-refractivity contribution < 1.29 is 14.3 Å². The highest BCUT2D eigenvalue weighted by atomic mass is 35.5. The second kappa shape index (κ2) is 16.1. The average Bonchev–Trinajstić information content (AvgIpc) is 3.25. The van der Waals surface area contributed by atoms with Gasteiger partial charge in [-0.05, 0) is 84.6 Å². The van der Waals surface area contributed by atoms with Gasteiger partial charge in [0.25, 0.3) is 5.91 Å². The third kappa shape index (κ3) is 9.46. The number of rotatable bonds is 9. The van der Waals surface area contributed by atoms with Crippen molar-refractivity contribution in [1.29, 1.82) is 0 Å². The number of hydrogen-bond acceptors (Lipinski definition) is 7. The number of halogens is 2. The van der Waals surface area contributed by atoms with E-state index in [0.717, 1.165) is 67.6 Å². The molecule has 0 aromatic heterocycles. The molecule has 2 aliphatic rings. The average molecular weight is 675 g/mol. The molecule has 2 aliphatic heterocycles. The first kappa shape index (κ1) is 35.9. The number of hydrogen-bond donors (Lipinski definition) is 0. The number of piperazine rings is 1. The second-order valence-electron chi connectivity index (χ2n) is 11.8. The van der Waals surface area contributed by atoms with Crippen molar-refractivity contribution in [2.24, 2.45) is 0 Å². The minimum atomic E-state index is -0.120. The van der Waals surface area contributed by atoms with Crippen LogP contribution in [0.25, 0.3) is 6.08 Å². The normalized spacial score (nSPS) is 16.9. The van der Waals surface area contributed by atoms with E-state index in [9.17, 15) is 4.79 Å². The molecule has 236 valence electrons. The third-order valence-electron chi connectivity index (χ3n) is 7.51. The lowest BCUT2D eigenvalue weighted by molar-refractivity contribution is -0.113. The first-order valence-corrected chi connectivity index (χ1v) is 15.7. The van der Waals surface area contributed by atoms with E-state index in [-0.39, 0.29) is 36.1 Å². The summed E-state index contributed by atoms with van der Waals surface area (Å²) in [6, 6.07) is 23.5. The molecule has 0 radical (unpaired) electrons. The molecule has 0 spiro atoms. The Bertz CT molecular complexity index is 1420. The number of amides is 1. The zero-order valence-electron chi connectivity index (χ0n) is 25.7. The number of likely N-dealkylation sites (N-methyl/N-ethyl adjacent to an activating group) is 1. The Morgan fingerprint density at radius 1 is 0.841 bits per heavy atom. The van der Waals surface area contributed by atoms with E-state index in [1.807, 2.05) is 66.7 Å². The second-order valence-corrected chi connectivity index (χ2v) is 13.5. The van der Waals surface area contributed by atoms with Crippen LogP contribution in [0.3, 0.4) is 0 Å². The zero-order chi connectivity index (χ0) is 29.7. The first-order valence-electron chi connectivity index (χ1n) is 14.5. The minimum Gasteiger partial charge on any atom is -0.494 e. The number of anilines is 1. The highest BCUT2D eigenvalue weighted by molar-refractivity contribution is 8.27. The van der Waals surface area contributed by atoms with Crippen molar-refractivity contribution in [2.75, 3.05) is 51.3 Å². The number of thioether (sulfide) groups is 1. The summed E-state index contributed by atoms with van der Waals surface area (Å²) < 4.78 is 12.5. The van der Waals surface area contributed by atoms with Crippen LogP contribution in [-0.4, -0.2) is 66.4 Å². The molecule has 3 aromatic rings. The molecule has 0 atom stereocenters. The van der Waals surface area contributed by atoms with E-state index in [2.05, 4.69) is 49.8 Å². The van der Waals surface area contributed by atoms with Crippen LogP contribution in [0.2, 0.25) is 0 Å². The van der Waals surface area contributed by atoms with E-state index in [1.165, 1.54) is 17.3 Å². The van der Waals surface area contributed by atoms with Gasteiger partial charge >= 0.3 is 0 Å². The van der Waals surface area contributed by atoms with Crippen LogP contribution in [0, 0.1) is 0 Å². The van der Waals surface area contributed by atoms with Crippen molar-refractivity contribution in [1.82, 2.24) is 9.80 Å². The minimum absolute atomic E-state index is 0. The highest BCUT2D eigenvalue weighted by Gasteiger charge is 2.33. The van der Waals surface area contributed by atoms with E-state index < -0.39 is 0 Å². The van der Waals surface area contributed by atoms with Gasteiger partial charge in [0.1, 0.15) is 17.2 Å². The summed E-state index contributed by atoms with van der Waals surface area (Å²) in [5.74, 6) is 2.21. The fourth-order valence-corrected chi connectivity index (χ4v) is 6.17. The summed E-state index contributed by atoms with van der Waals surface area (Å²) in [4.78, 5) is 20.3. The molecular weight excluding hydrogens is 633 g/mol. The van der Waals surface area contributed by atoms with E-state index in [0.29, 0.717) is 15.8 Å². The van der Waals surface area contributed by atoms with Gasteiger partial charge in [-0.3, -0.25) is 9.69 Å². The van der Waals surface area contributed by atoms with Gasteiger partial charge in [0, 0.05) is 32.7 Å². The number of benzene rings is 3. The van der Waals surface area contributed by atoms with Crippen LogP contribution in [0.4, 0.5) is 5.69 Å². The highest BCUT2D eigenvalue weighted by Crippen LogP contribution is 2.37. The Kier molecular flexibility index (Phi) is 13.1. The lowest BCUT2D eigenvalue weighted by Crippen LogP contribution is -2.44. The Labute approximate surface area is 283 Å². The fourth-order valence-electron chi connectivity index (χ4n) is 4.87. The molecule has 0 saturated carbocycles. The maximum absolute atomic E-state index is 13.3. The van der Waals surface area contributed by atoms with Crippen LogP contribution >= 0.6 is 48.8 Å². The van der Waals surface area contributed by atoms with Crippen LogP contribution < -0.4 is 14.4 Å². The lowest BCUT2D eigenvalue weighted by Gasteiger charge is -2.32. The van der Waals surface area contributed by atoms with Gasteiger partial charge in [-0.2, -0.15) is 0 Å². The summed E-state index contributed by atoms with van der Waals surface area (Å²) in [6.45, 7) is 12.8. The topological polar surface area (TPSA) is 45.2 Å². The van der Waals surface area contributed by atoms with Crippen molar-refractivity contribution in [2.45, 2.75) is 32.6 Å². The number of carbonyl (C=O) groups excluding carboxylic acids is 1. The van der Waals surface area contributed by atoms with Gasteiger partial charge in [0.15, 0.2) is 4.32 Å². The number of carbonyl (C=O) groups is 1. The Morgan fingerprint density at radius 2 is 1.41 bits per heavy atom. The van der Waals surface area contributed by atoms with Gasteiger partial charge in [-0.1, -0.05) is 69.0 Å². The standard InChI is InChI=1S/C34H39N3O3S2.2ClH/c1-34(2,3)26-8-14-30(15-9-26)40-29-12-6-25(7-13-29)24-31-32(38)37(33(41)42-31)27-10-16-28(17-11-27)39-23-5-18-36-21-19-35(4)20-22-36;;/h6-17,24H,5,18-23H2,1-4H3;2*1H. The van der Waals surface area contributed by atoms with Crippen LogP contribution in [-0.2, 0) is 10.2 Å². The molecule has 0 bridgehead atoms. The number of thiocarbonyl (C=S) groups is 1. The van der Waals surface area contributed by atoms with Crippen molar-refractivity contribution in [3.8, 4) is 17.2 Å². The molecule has 0 aliphatic carbocycles. The third-order valence-corrected chi connectivity index (χ3v) is 8.81. The molecule has 1 amide bonds. The molecule has 0 N–H and O–H groups in total. The van der Waals surface area contributed by atoms with Gasteiger partial charge in [0.2, 0.25) is 0 Å². The van der Waals surface area contributed by atoms with Gasteiger partial charge in [0.05, 0.1) is 17.2 Å². The zero-order valence-corrected chi connectivity index (χ0v) is 28.9. The molecule has 6 nitrogen and oxygen atoms in total. The molecule has 2 saturated heterocycles. The number of ether oxygens (including phenoxy) is 2. The molecule has 2 heterocycles. The van der Waals surface area contributed by atoms with Gasteiger partial charge < -0.3 is 19.3 Å². The molecule has 10 heteroatoms. The lowest BCUT2D eigenvalue weighted by atomic mass is 9.87. The predicted molar refractivity (Wildman–Crippen MR) is 192 cm³/mol. The Hall–Kier alpha value is -2.59.